The molecular weight excluding hydrogens is 148 g/mol. The lowest BCUT2D eigenvalue weighted by Crippen LogP contribution is -1.99. The number of nitrogens with two attached hydrogens (primary N) is 1. The molecule has 0 fully saturated rings. The maximum atomic E-state index is 7.60. The molecule has 1 aromatic rings. The van der Waals surface area contributed by atoms with Crippen molar-refractivity contribution in [2.75, 3.05) is 0 Å². The summed E-state index contributed by atoms with van der Waals surface area (Å²) in [4.78, 5) is 0. The topological polar surface area (TPSA) is 49.9 Å². The van der Waals surface area contributed by atoms with Gasteiger partial charge in [-0.3, -0.25) is 0 Å². The normalized spacial score (nSPS) is 11.2. The standard InChI is InChI=1S/C10H12N2/c1-8(11)7-10(12)9-5-3-2-4-6-9/h2-7,12H,11H2,1H3/b8-7+,12-10?. The van der Waals surface area contributed by atoms with Crippen LogP contribution in [0.4, 0.5) is 0 Å². The summed E-state index contributed by atoms with van der Waals surface area (Å²) in [6.45, 7) is 1.78. The largest absolute Gasteiger partial charge is 0.402 e. The third kappa shape index (κ3) is 2.23. The summed E-state index contributed by atoms with van der Waals surface area (Å²) in [6, 6.07) is 9.52. The average Bonchev–Trinajstić information content (AvgIpc) is 2.05. The van der Waals surface area contributed by atoms with E-state index in [1.165, 1.54) is 0 Å². The molecule has 0 aliphatic heterocycles. The number of rotatable bonds is 2. The molecule has 3 N–H and O–H groups in total. The van der Waals surface area contributed by atoms with Crippen LogP contribution in [0.25, 0.3) is 0 Å². The molecule has 0 bridgehead atoms. The molecule has 0 saturated carbocycles. The van der Waals surface area contributed by atoms with Crippen molar-refractivity contribution >= 4 is 5.71 Å². The molecule has 1 rings (SSSR count). The second-order valence-corrected chi connectivity index (χ2v) is 2.67. The van der Waals surface area contributed by atoms with E-state index in [9.17, 15) is 0 Å². The van der Waals surface area contributed by atoms with E-state index in [1.54, 1.807) is 13.0 Å². The minimum absolute atomic E-state index is 0.454. The monoisotopic (exact) mass is 160 g/mol. The van der Waals surface area contributed by atoms with Crippen LogP contribution < -0.4 is 5.73 Å². The first-order valence-corrected chi connectivity index (χ1v) is 3.78. The molecule has 0 radical (unpaired) electrons. The first-order chi connectivity index (χ1) is 5.70. The van der Waals surface area contributed by atoms with Crippen LogP contribution in [0.15, 0.2) is 42.1 Å². The minimum atomic E-state index is 0.454. The first-order valence-electron chi connectivity index (χ1n) is 3.78. The van der Waals surface area contributed by atoms with E-state index in [4.69, 9.17) is 11.1 Å². The van der Waals surface area contributed by atoms with Gasteiger partial charge in [0.2, 0.25) is 0 Å². The molecule has 2 nitrogen and oxygen atoms in total. The van der Waals surface area contributed by atoms with E-state index < -0.39 is 0 Å². The molecule has 62 valence electrons. The summed E-state index contributed by atoms with van der Waals surface area (Å²) in [5.74, 6) is 0. The SMILES string of the molecule is C/C(N)=C\C(=N)c1ccccc1. The summed E-state index contributed by atoms with van der Waals surface area (Å²) in [5.41, 5.74) is 7.45. The molecule has 0 heterocycles. The number of hydrogen-bond acceptors (Lipinski definition) is 2. The highest BCUT2D eigenvalue weighted by Crippen LogP contribution is 2.01. The predicted molar refractivity (Wildman–Crippen MR) is 51.2 cm³/mol. The van der Waals surface area contributed by atoms with E-state index in [-0.39, 0.29) is 0 Å². The van der Waals surface area contributed by atoms with Gasteiger partial charge in [-0.25, -0.2) is 0 Å². The molecule has 0 amide bonds. The molecule has 0 atom stereocenters. The van der Waals surface area contributed by atoms with Gasteiger partial charge < -0.3 is 11.1 Å². The second kappa shape index (κ2) is 3.72. The lowest BCUT2D eigenvalue weighted by atomic mass is 10.1. The van der Waals surface area contributed by atoms with Gasteiger partial charge in [-0.2, -0.15) is 0 Å². The van der Waals surface area contributed by atoms with Crippen molar-refractivity contribution in [3.63, 3.8) is 0 Å². The number of allylic oxidation sites excluding steroid dienone is 2. The Balaban J connectivity index is 2.87. The molecule has 0 spiro atoms. The van der Waals surface area contributed by atoms with Gasteiger partial charge in [0.05, 0.1) is 5.71 Å². The van der Waals surface area contributed by atoms with Gasteiger partial charge >= 0.3 is 0 Å². The van der Waals surface area contributed by atoms with Crippen molar-refractivity contribution in [2.24, 2.45) is 5.73 Å². The molecule has 1 aromatic carbocycles. The van der Waals surface area contributed by atoms with Crippen molar-refractivity contribution in [3.8, 4) is 0 Å². The van der Waals surface area contributed by atoms with Crippen LogP contribution in [-0.4, -0.2) is 5.71 Å². The highest BCUT2D eigenvalue weighted by molar-refractivity contribution is 6.06. The number of hydrogen-bond donors (Lipinski definition) is 2. The molecule has 0 saturated heterocycles. The first kappa shape index (κ1) is 8.53. The Hall–Kier alpha value is -1.57. The van der Waals surface area contributed by atoms with Crippen LogP contribution in [0.5, 0.6) is 0 Å². The van der Waals surface area contributed by atoms with Gasteiger partial charge in [0.15, 0.2) is 0 Å². The predicted octanol–water partition coefficient (Wildman–Crippen LogP) is 1.92. The zero-order valence-electron chi connectivity index (χ0n) is 7.04. The Bertz CT molecular complexity index is 295. The lowest BCUT2D eigenvalue weighted by molar-refractivity contribution is 1.32. The van der Waals surface area contributed by atoms with Gasteiger partial charge in [-0.1, -0.05) is 30.3 Å². The van der Waals surface area contributed by atoms with Crippen LogP contribution in [0, 0.1) is 5.41 Å². The minimum Gasteiger partial charge on any atom is -0.402 e. The van der Waals surface area contributed by atoms with E-state index >= 15 is 0 Å². The van der Waals surface area contributed by atoms with Gasteiger partial charge in [-0.05, 0) is 18.6 Å². The summed E-state index contributed by atoms with van der Waals surface area (Å²) in [7, 11) is 0. The van der Waals surface area contributed by atoms with Crippen LogP contribution in [-0.2, 0) is 0 Å². The van der Waals surface area contributed by atoms with Gasteiger partial charge in [0.1, 0.15) is 0 Å². The maximum absolute atomic E-state index is 7.60. The quantitative estimate of drug-likeness (QED) is 0.638. The Kier molecular flexibility index (Phi) is 2.64. The maximum Gasteiger partial charge on any atom is 0.0629 e. The third-order valence-corrected chi connectivity index (χ3v) is 1.46. The molecule has 0 unspecified atom stereocenters. The summed E-state index contributed by atoms with van der Waals surface area (Å²) in [6.07, 6.45) is 1.65. The van der Waals surface area contributed by atoms with Crippen LogP contribution in [0.1, 0.15) is 12.5 Å². The molecule has 2 heteroatoms. The highest BCUT2D eigenvalue weighted by Gasteiger charge is 1.94. The fourth-order valence-corrected chi connectivity index (χ4v) is 0.929. The molecule has 0 aliphatic rings. The van der Waals surface area contributed by atoms with Gasteiger partial charge in [-0.15, -0.1) is 0 Å². The van der Waals surface area contributed by atoms with Crippen LogP contribution in [0.2, 0.25) is 0 Å². The van der Waals surface area contributed by atoms with Crippen molar-refractivity contribution in [3.05, 3.63) is 47.7 Å². The van der Waals surface area contributed by atoms with Crippen molar-refractivity contribution in [1.29, 1.82) is 5.41 Å². The van der Waals surface area contributed by atoms with E-state index in [1.807, 2.05) is 30.3 Å². The van der Waals surface area contributed by atoms with Crippen molar-refractivity contribution < 1.29 is 0 Å². The summed E-state index contributed by atoms with van der Waals surface area (Å²) >= 11 is 0. The Morgan fingerprint density at radius 3 is 2.42 bits per heavy atom. The molecule has 12 heavy (non-hydrogen) atoms. The Morgan fingerprint density at radius 2 is 1.92 bits per heavy atom. The van der Waals surface area contributed by atoms with E-state index in [0.29, 0.717) is 11.4 Å². The fraction of sp³-hybridized carbons (Fsp3) is 0.100. The van der Waals surface area contributed by atoms with Crippen molar-refractivity contribution in [2.45, 2.75) is 6.92 Å². The Morgan fingerprint density at radius 1 is 1.33 bits per heavy atom. The molecular formula is C10H12N2. The van der Waals surface area contributed by atoms with Gasteiger partial charge in [0, 0.05) is 5.70 Å². The number of nitrogens with one attached hydrogen (secondary N) is 1. The van der Waals surface area contributed by atoms with Crippen LogP contribution >= 0.6 is 0 Å². The zero-order chi connectivity index (χ0) is 8.97. The smallest absolute Gasteiger partial charge is 0.0629 e. The Labute approximate surface area is 72.2 Å². The highest BCUT2D eigenvalue weighted by atomic mass is 14.6. The van der Waals surface area contributed by atoms with Crippen molar-refractivity contribution in [1.82, 2.24) is 0 Å². The van der Waals surface area contributed by atoms with Crippen LogP contribution in [0.3, 0.4) is 0 Å². The van der Waals surface area contributed by atoms with E-state index in [2.05, 4.69) is 0 Å². The molecule has 0 aliphatic carbocycles. The number of benzene rings is 1. The second-order valence-electron chi connectivity index (χ2n) is 2.67. The fourth-order valence-electron chi connectivity index (χ4n) is 0.929. The lowest BCUT2D eigenvalue weighted by Gasteiger charge is -1.97. The molecule has 0 aromatic heterocycles. The van der Waals surface area contributed by atoms with E-state index in [0.717, 1.165) is 5.56 Å². The zero-order valence-corrected chi connectivity index (χ0v) is 7.04. The van der Waals surface area contributed by atoms with Gasteiger partial charge in [0.25, 0.3) is 0 Å². The third-order valence-electron chi connectivity index (χ3n) is 1.46. The summed E-state index contributed by atoms with van der Waals surface area (Å²) < 4.78 is 0. The summed E-state index contributed by atoms with van der Waals surface area (Å²) in [5, 5.41) is 7.60. The average molecular weight is 160 g/mol.